The highest BCUT2D eigenvalue weighted by Gasteiger charge is 2.15. The maximum absolute atomic E-state index is 7.48. The molecule has 2 aliphatic rings. The largest absolute Gasteiger partial charge is 0.384 e. The van der Waals surface area contributed by atoms with Gasteiger partial charge in [0.2, 0.25) is 0 Å². The van der Waals surface area contributed by atoms with Crippen LogP contribution in [-0.4, -0.2) is 12.1 Å². The molecule has 2 aliphatic heterocycles. The van der Waals surface area contributed by atoms with Gasteiger partial charge in [-0.15, -0.1) is 0 Å². The summed E-state index contributed by atoms with van der Waals surface area (Å²) in [5, 5.41) is 14.0. The molecule has 0 aromatic heterocycles. The average Bonchev–Trinajstić information content (AvgIpc) is 2.71. The molecule has 1 aromatic carbocycles. The molecule has 150 valence electrons. The lowest BCUT2D eigenvalue weighted by molar-refractivity contribution is 0.806. The van der Waals surface area contributed by atoms with Crippen molar-refractivity contribution >= 4 is 24.0 Å². The van der Waals surface area contributed by atoms with Crippen LogP contribution in [0.2, 0.25) is 0 Å². The van der Waals surface area contributed by atoms with Crippen LogP contribution < -0.4 is 21.1 Å². The number of aliphatic imine (C=N–C) groups is 1. The minimum Gasteiger partial charge on any atom is -0.384 e. The predicted molar refractivity (Wildman–Crippen MR) is 122 cm³/mol. The first-order valence-corrected chi connectivity index (χ1v) is 10.2. The molecule has 1 aromatic rings. The summed E-state index contributed by atoms with van der Waals surface area (Å²) >= 11 is 1.56. The summed E-state index contributed by atoms with van der Waals surface area (Å²) in [5.74, 6) is 1.23. The fraction of sp³-hybridized carbons (Fsp3) is 0.182. The first-order chi connectivity index (χ1) is 13.9. The average molecular weight is 407 g/mol. The number of benzene rings is 1. The monoisotopic (exact) mass is 406 g/mol. The Labute approximate surface area is 176 Å². The van der Waals surface area contributed by atoms with Crippen LogP contribution in [0.25, 0.3) is 0 Å². The second-order valence-corrected chi connectivity index (χ2v) is 7.94. The number of hydrogen-bond donors (Lipinski definition) is 5. The Morgan fingerprint density at radius 1 is 1.21 bits per heavy atom. The van der Waals surface area contributed by atoms with Crippen molar-refractivity contribution < 1.29 is 0 Å². The van der Waals surface area contributed by atoms with E-state index in [0.29, 0.717) is 11.7 Å². The molecule has 0 saturated carbocycles. The zero-order chi connectivity index (χ0) is 20.8. The number of fused-ring (bicyclic) bond motifs is 1. The zero-order valence-corrected chi connectivity index (χ0v) is 17.6. The van der Waals surface area contributed by atoms with E-state index in [1.54, 1.807) is 18.0 Å². The van der Waals surface area contributed by atoms with Crippen molar-refractivity contribution in [3.8, 4) is 0 Å². The summed E-state index contributed by atoms with van der Waals surface area (Å²) < 4.78 is 3.35. The van der Waals surface area contributed by atoms with Crippen LogP contribution >= 0.6 is 11.9 Å². The molecule has 0 saturated heterocycles. The molecule has 3 rings (SSSR count). The van der Waals surface area contributed by atoms with Crippen LogP contribution in [0.3, 0.4) is 0 Å². The fourth-order valence-corrected chi connectivity index (χ4v) is 3.28. The topological polar surface area (TPSA) is 98.3 Å². The van der Waals surface area contributed by atoms with E-state index < -0.39 is 0 Å². The van der Waals surface area contributed by atoms with Gasteiger partial charge in [-0.25, -0.2) is 4.99 Å². The van der Waals surface area contributed by atoms with Gasteiger partial charge in [0.15, 0.2) is 0 Å². The van der Waals surface area contributed by atoms with Gasteiger partial charge in [0.25, 0.3) is 0 Å². The van der Waals surface area contributed by atoms with E-state index in [4.69, 9.17) is 11.1 Å². The standard InChI is InChI=1S/C22H26N6S/c1-14(2)16(12-23)10-21(24)27-22-9-8-19-20(26-22)11-17(13-25-19)28-29-18-6-4-15(3)5-7-18/h4-14,23,25-26,28H,1-3H3,(H2,24,27). The van der Waals surface area contributed by atoms with E-state index in [-0.39, 0.29) is 5.92 Å². The van der Waals surface area contributed by atoms with Crippen LogP contribution in [0, 0.1) is 18.3 Å². The summed E-state index contributed by atoms with van der Waals surface area (Å²) in [6.07, 6.45) is 10.8. The smallest absolute Gasteiger partial charge is 0.132 e. The SMILES string of the molecule is Cc1ccc(SNC2=CNC3=CC=C(N=C(N)C=C(C=N)C(C)C)NC3=C2)cc1. The molecular formula is C22H26N6S. The minimum atomic E-state index is 0.219. The number of rotatable bonds is 7. The van der Waals surface area contributed by atoms with Gasteiger partial charge in [-0.05, 0) is 66.8 Å². The third-order valence-electron chi connectivity index (χ3n) is 4.35. The molecule has 0 amide bonds. The van der Waals surface area contributed by atoms with Crippen molar-refractivity contribution in [1.82, 2.24) is 15.4 Å². The van der Waals surface area contributed by atoms with Crippen molar-refractivity contribution in [2.24, 2.45) is 16.6 Å². The highest BCUT2D eigenvalue weighted by atomic mass is 32.2. The molecule has 6 nitrogen and oxygen atoms in total. The third-order valence-corrected chi connectivity index (χ3v) is 5.19. The Morgan fingerprint density at radius 3 is 2.66 bits per heavy atom. The van der Waals surface area contributed by atoms with Crippen LogP contribution in [-0.2, 0) is 0 Å². The maximum atomic E-state index is 7.48. The Balaban J connectivity index is 1.67. The van der Waals surface area contributed by atoms with E-state index in [0.717, 1.165) is 27.6 Å². The Hall–Kier alpha value is -3.19. The summed E-state index contributed by atoms with van der Waals surface area (Å²) in [6, 6.07) is 8.37. The lowest BCUT2D eigenvalue weighted by Crippen LogP contribution is -2.28. The number of amidine groups is 1. The van der Waals surface area contributed by atoms with Crippen LogP contribution in [0.4, 0.5) is 0 Å². The van der Waals surface area contributed by atoms with Crippen molar-refractivity contribution in [2.45, 2.75) is 25.7 Å². The molecule has 2 heterocycles. The molecule has 0 radical (unpaired) electrons. The second-order valence-electron chi connectivity index (χ2n) is 7.06. The van der Waals surface area contributed by atoms with E-state index in [1.807, 2.05) is 38.3 Å². The van der Waals surface area contributed by atoms with Crippen molar-refractivity contribution in [3.63, 3.8) is 0 Å². The summed E-state index contributed by atoms with van der Waals surface area (Å²) in [5.41, 5.74) is 10.9. The number of aryl methyl sites for hydroxylation is 1. The highest BCUT2D eigenvalue weighted by molar-refractivity contribution is 7.97. The van der Waals surface area contributed by atoms with E-state index in [1.165, 1.54) is 11.8 Å². The van der Waals surface area contributed by atoms with Crippen molar-refractivity contribution in [1.29, 1.82) is 5.41 Å². The highest BCUT2D eigenvalue weighted by Crippen LogP contribution is 2.22. The number of allylic oxidation sites excluding steroid dienone is 4. The molecule has 0 unspecified atom stereocenters. The van der Waals surface area contributed by atoms with Gasteiger partial charge in [0.1, 0.15) is 11.7 Å². The number of hydrogen-bond acceptors (Lipinski definition) is 6. The first kappa shape index (κ1) is 20.5. The molecular weight excluding hydrogens is 380 g/mol. The molecule has 0 spiro atoms. The number of nitrogens with zero attached hydrogens (tertiary/aromatic N) is 1. The minimum absolute atomic E-state index is 0.219. The van der Waals surface area contributed by atoms with E-state index in [9.17, 15) is 0 Å². The van der Waals surface area contributed by atoms with Gasteiger partial charge >= 0.3 is 0 Å². The Kier molecular flexibility index (Phi) is 6.61. The lowest BCUT2D eigenvalue weighted by Gasteiger charge is -2.23. The van der Waals surface area contributed by atoms with Gasteiger partial charge < -0.3 is 26.5 Å². The predicted octanol–water partition coefficient (Wildman–Crippen LogP) is 3.84. The molecule has 6 N–H and O–H groups in total. The van der Waals surface area contributed by atoms with Crippen molar-refractivity contribution in [2.75, 3.05) is 0 Å². The Bertz CT molecular complexity index is 962. The molecule has 0 aliphatic carbocycles. The van der Waals surface area contributed by atoms with Gasteiger partial charge in [0.05, 0.1) is 17.1 Å². The molecule has 7 heteroatoms. The number of nitrogens with two attached hydrogens (primary N) is 1. The summed E-state index contributed by atoms with van der Waals surface area (Å²) in [6.45, 7) is 6.12. The zero-order valence-electron chi connectivity index (χ0n) is 16.8. The summed E-state index contributed by atoms with van der Waals surface area (Å²) in [7, 11) is 0. The first-order valence-electron chi connectivity index (χ1n) is 9.38. The fourth-order valence-electron chi connectivity index (χ4n) is 2.66. The second kappa shape index (κ2) is 9.34. The molecule has 0 fully saturated rings. The molecule has 0 atom stereocenters. The quantitative estimate of drug-likeness (QED) is 0.269. The van der Waals surface area contributed by atoms with E-state index >= 15 is 0 Å². The molecule has 0 bridgehead atoms. The van der Waals surface area contributed by atoms with Crippen molar-refractivity contribution in [3.05, 3.63) is 88.8 Å². The third kappa shape index (κ3) is 5.65. The number of nitrogens with one attached hydrogen (secondary N) is 4. The maximum Gasteiger partial charge on any atom is 0.132 e. The van der Waals surface area contributed by atoms with Gasteiger partial charge in [0, 0.05) is 17.3 Å². The van der Waals surface area contributed by atoms with Gasteiger partial charge in [-0.2, -0.15) is 0 Å². The van der Waals surface area contributed by atoms with Gasteiger partial charge in [-0.1, -0.05) is 31.5 Å². The normalized spacial score (nSPS) is 16.6. The van der Waals surface area contributed by atoms with Gasteiger partial charge in [-0.3, -0.25) is 0 Å². The molecule has 29 heavy (non-hydrogen) atoms. The van der Waals surface area contributed by atoms with Crippen LogP contribution in [0.1, 0.15) is 19.4 Å². The Morgan fingerprint density at radius 2 is 1.97 bits per heavy atom. The summed E-state index contributed by atoms with van der Waals surface area (Å²) in [4.78, 5) is 5.57. The van der Waals surface area contributed by atoms with Crippen LogP contribution in [0.5, 0.6) is 0 Å². The lowest BCUT2D eigenvalue weighted by atomic mass is 10.0. The van der Waals surface area contributed by atoms with E-state index in [2.05, 4.69) is 51.5 Å². The van der Waals surface area contributed by atoms with Crippen LogP contribution in [0.15, 0.2) is 93.1 Å². The number of dihydropyridines is 2.